The zero-order valence-corrected chi connectivity index (χ0v) is 12.8. The molecule has 1 aromatic carbocycles. The number of ether oxygens (including phenoxy) is 1. The van der Waals surface area contributed by atoms with E-state index in [4.69, 9.17) is 4.74 Å². The summed E-state index contributed by atoms with van der Waals surface area (Å²) in [5.41, 5.74) is 0.695. The van der Waals surface area contributed by atoms with Crippen LogP contribution < -0.4 is 15.4 Å². The Balaban J connectivity index is 2.43. The second-order valence-electron chi connectivity index (χ2n) is 4.82. The van der Waals surface area contributed by atoms with E-state index in [0.29, 0.717) is 18.0 Å². The van der Waals surface area contributed by atoms with Gasteiger partial charge in [-0.15, -0.1) is 0 Å². The minimum atomic E-state index is -0.0681. The Morgan fingerprint density at radius 3 is 2.68 bits per heavy atom. The van der Waals surface area contributed by atoms with Gasteiger partial charge in [0.15, 0.2) is 0 Å². The lowest BCUT2D eigenvalue weighted by atomic mass is 10.2. The normalized spacial score (nSPS) is 11.2. The van der Waals surface area contributed by atoms with Gasteiger partial charge in [0.1, 0.15) is 5.75 Å². The van der Waals surface area contributed by atoms with Crippen molar-refractivity contribution in [3.63, 3.8) is 0 Å². The molecular formula is C14H22N2O2S. The van der Waals surface area contributed by atoms with Crippen LogP contribution in [0.25, 0.3) is 0 Å². The van der Waals surface area contributed by atoms with Crippen LogP contribution in [0.15, 0.2) is 24.3 Å². The molecule has 5 heteroatoms. The molecule has 0 saturated heterocycles. The van der Waals surface area contributed by atoms with Crippen LogP contribution in [0.1, 0.15) is 13.8 Å². The minimum Gasteiger partial charge on any atom is -0.495 e. The molecule has 0 heterocycles. The van der Waals surface area contributed by atoms with Gasteiger partial charge in [0.2, 0.25) is 5.91 Å². The molecule has 0 unspecified atom stereocenters. The summed E-state index contributed by atoms with van der Waals surface area (Å²) in [5.74, 6) is 0.599. The Morgan fingerprint density at radius 2 is 2.05 bits per heavy atom. The lowest BCUT2D eigenvalue weighted by Crippen LogP contribution is -2.37. The third kappa shape index (κ3) is 5.53. The predicted octanol–water partition coefficient (Wildman–Crippen LogP) is 2.36. The monoisotopic (exact) mass is 282 g/mol. The maximum absolute atomic E-state index is 11.8. The Labute approximate surface area is 119 Å². The molecule has 0 aliphatic heterocycles. The summed E-state index contributed by atoms with van der Waals surface area (Å²) in [6.45, 7) is 5.36. The smallest absolute Gasteiger partial charge is 0.238 e. The van der Waals surface area contributed by atoms with Crippen LogP contribution in [0.4, 0.5) is 5.69 Å². The van der Waals surface area contributed by atoms with Crippen molar-refractivity contribution >= 4 is 23.4 Å². The lowest BCUT2D eigenvalue weighted by Gasteiger charge is -2.22. The highest BCUT2D eigenvalue weighted by Crippen LogP contribution is 2.22. The maximum Gasteiger partial charge on any atom is 0.238 e. The molecule has 19 heavy (non-hydrogen) atoms. The molecule has 0 atom stereocenters. The van der Waals surface area contributed by atoms with E-state index < -0.39 is 0 Å². The Bertz CT molecular complexity index is 422. The number of nitrogens with one attached hydrogen (secondary N) is 2. The fraction of sp³-hybridized carbons (Fsp3) is 0.500. The Kier molecular flexibility index (Phi) is 6.18. The van der Waals surface area contributed by atoms with Crippen molar-refractivity contribution < 1.29 is 9.53 Å². The molecule has 0 aliphatic carbocycles. The number of para-hydroxylation sites is 2. The third-order valence-corrected chi connectivity index (χ3v) is 4.02. The van der Waals surface area contributed by atoms with Crippen molar-refractivity contribution in [1.82, 2.24) is 5.32 Å². The number of anilines is 1. The summed E-state index contributed by atoms with van der Waals surface area (Å²) < 4.78 is 5.31. The van der Waals surface area contributed by atoms with E-state index >= 15 is 0 Å². The van der Waals surface area contributed by atoms with E-state index in [0.717, 1.165) is 6.54 Å². The summed E-state index contributed by atoms with van der Waals surface area (Å²) >= 11 is 1.77. The van der Waals surface area contributed by atoms with E-state index in [1.165, 1.54) is 0 Å². The van der Waals surface area contributed by atoms with Gasteiger partial charge in [0.25, 0.3) is 0 Å². The minimum absolute atomic E-state index is 0.0681. The number of carbonyl (C=O) groups is 1. The zero-order chi connectivity index (χ0) is 14.3. The van der Waals surface area contributed by atoms with E-state index in [1.54, 1.807) is 18.9 Å². The quantitative estimate of drug-likeness (QED) is 0.806. The van der Waals surface area contributed by atoms with Crippen molar-refractivity contribution in [3.05, 3.63) is 24.3 Å². The number of hydrogen-bond donors (Lipinski definition) is 2. The first kappa shape index (κ1) is 15.9. The molecule has 106 valence electrons. The van der Waals surface area contributed by atoms with Gasteiger partial charge in [-0.2, -0.15) is 11.8 Å². The zero-order valence-electron chi connectivity index (χ0n) is 11.9. The molecule has 1 amide bonds. The predicted molar refractivity (Wildman–Crippen MR) is 82.1 cm³/mol. The first-order chi connectivity index (χ1) is 8.98. The second kappa shape index (κ2) is 7.40. The number of hydrogen-bond acceptors (Lipinski definition) is 4. The standard InChI is InChI=1S/C14H22N2O2S/c1-14(2,19-4)10-15-9-13(17)16-11-7-5-6-8-12(11)18-3/h5-8,15H,9-10H2,1-4H3,(H,16,17). The van der Waals surface area contributed by atoms with Crippen LogP contribution in [0.5, 0.6) is 5.75 Å². The molecule has 0 aromatic heterocycles. The highest BCUT2D eigenvalue weighted by molar-refractivity contribution is 7.99. The van der Waals surface area contributed by atoms with Gasteiger partial charge in [0.05, 0.1) is 19.3 Å². The summed E-state index contributed by atoms with van der Waals surface area (Å²) in [5, 5.41) is 5.99. The number of amides is 1. The molecule has 2 N–H and O–H groups in total. The van der Waals surface area contributed by atoms with Gasteiger partial charge in [-0.1, -0.05) is 12.1 Å². The van der Waals surface area contributed by atoms with Crippen LogP contribution in [0.3, 0.4) is 0 Å². The van der Waals surface area contributed by atoms with Crippen LogP contribution in [-0.4, -0.2) is 37.1 Å². The van der Waals surface area contributed by atoms with Gasteiger partial charge in [-0.3, -0.25) is 4.79 Å². The molecular weight excluding hydrogens is 260 g/mol. The van der Waals surface area contributed by atoms with E-state index in [-0.39, 0.29) is 10.7 Å². The Morgan fingerprint density at radius 1 is 1.37 bits per heavy atom. The molecule has 1 rings (SSSR count). The van der Waals surface area contributed by atoms with Crippen LogP contribution in [0.2, 0.25) is 0 Å². The maximum atomic E-state index is 11.8. The third-order valence-electron chi connectivity index (χ3n) is 2.77. The molecule has 0 bridgehead atoms. The van der Waals surface area contributed by atoms with Crippen LogP contribution >= 0.6 is 11.8 Å². The van der Waals surface area contributed by atoms with Crippen molar-refractivity contribution in [2.75, 3.05) is 31.8 Å². The van der Waals surface area contributed by atoms with Crippen molar-refractivity contribution in [1.29, 1.82) is 0 Å². The average molecular weight is 282 g/mol. The van der Waals surface area contributed by atoms with Gasteiger partial charge in [-0.25, -0.2) is 0 Å². The molecule has 4 nitrogen and oxygen atoms in total. The summed E-state index contributed by atoms with van der Waals surface area (Å²) in [4.78, 5) is 11.8. The van der Waals surface area contributed by atoms with Gasteiger partial charge in [0, 0.05) is 11.3 Å². The SMILES string of the molecule is COc1ccccc1NC(=O)CNCC(C)(C)SC. The number of rotatable bonds is 7. The molecule has 0 saturated carbocycles. The van der Waals surface area contributed by atoms with Crippen molar-refractivity contribution in [2.45, 2.75) is 18.6 Å². The number of thioether (sulfide) groups is 1. The molecule has 0 spiro atoms. The van der Waals surface area contributed by atoms with Crippen molar-refractivity contribution in [2.24, 2.45) is 0 Å². The van der Waals surface area contributed by atoms with Gasteiger partial charge < -0.3 is 15.4 Å². The Hall–Kier alpha value is -1.20. The van der Waals surface area contributed by atoms with Crippen LogP contribution in [-0.2, 0) is 4.79 Å². The lowest BCUT2D eigenvalue weighted by molar-refractivity contribution is -0.115. The number of carbonyl (C=O) groups excluding carboxylic acids is 1. The summed E-state index contributed by atoms with van der Waals surface area (Å²) in [7, 11) is 1.59. The number of benzene rings is 1. The summed E-state index contributed by atoms with van der Waals surface area (Å²) in [6, 6.07) is 7.37. The van der Waals surface area contributed by atoms with Crippen molar-refractivity contribution in [3.8, 4) is 5.75 Å². The fourth-order valence-electron chi connectivity index (χ4n) is 1.49. The van der Waals surface area contributed by atoms with E-state index in [2.05, 4.69) is 30.7 Å². The van der Waals surface area contributed by atoms with E-state index in [1.807, 2.05) is 24.3 Å². The number of methoxy groups -OCH3 is 1. The topological polar surface area (TPSA) is 50.4 Å². The first-order valence-corrected chi connectivity index (χ1v) is 7.40. The highest BCUT2D eigenvalue weighted by Gasteiger charge is 2.15. The summed E-state index contributed by atoms with van der Waals surface area (Å²) in [6.07, 6.45) is 2.07. The molecule has 0 aliphatic rings. The second-order valence-corrected chi connectivity index (χ2v) is 6.33. The molecule has 0 radical (unpaired) electrons. The first-order valence-electron chi connectivity index (χ1n) is 6.17. The van der Waals surface area contributed by atoms with Crippen LogP contribution in [0, 0.1) is 0 Å². The highest BCUT2D eigenvalue weighted by atomic mass is 32.2. The fourth-order valence-corrected chi connectivity index (χ4v) is 1.74. The largest absolute Gasteiger partial charge is 0.495 e. The average Bonchev–Trinajstić information content (AvgIpc) is 2.39. The molecule has 0 fully saturated rings. The molecule has 1 aromatic rings. The van der Waals surface area contributed by atoms with E-state index in [9.17, 15) is 4.79 Å². The van der Waals surface area contributed by atoms with Gasteiger partial charge in [-0.05, 0) is 32.2 Å². The van der Waals surface area contributed by atoms with Gasteiger partial charge >= 0.3 is 0 Å².